The van der Waals surface area contributed by atoms with E-state index in [2.05, 4.69) is 0 Å². The van der Waals surface area contributed by atoms with Gasteiger partial charge in [0.1, 0.15) is 18.6 Å². The first-order valence-electron chi connectivity index (χ1n) is 10.6. The lowest BCUT2D eigenvalue weighted by molar-refractivity contribution is -0.181. The van der Waals surface area contributed by atoms with Crippen molar-refractivity contribution < 1.29 is 43.5 Å². The summed E-state index contributed by atoms with van der Waals surface area (Å²) in [5, 5.41) is 19.0. The summed E-state index contributed by atoms with van der Waals surface area (Å²) in [5.74, 6) is -0.340. The van der Waals surface area contributed by atoms with E-state index in [1.165, 1.54) is 7.11 Å². The molecule has 1 aliphatic heterocycles. The number of hydrogen-bond donors (Lipinski definition) is 2. The number of ether oxygens (including phenoxy) is 5. The van der Waals surface area contributed by atoms with Crippen molar-refractivity contribution in [2.45, 2.75) is 45.9 Å². The van der Waals surface area contributed by atoms with Crippen LogP contribution in [0.25, 0.3) is 11.1 Å². The van der Waals surface area contributed by atoms with Crippen molar-refractivity contribution in [1.29, 1.82) is 0 Å². The summed E-state index contributed by atoms with van der Waals surface area (Å²) in [6.07, 6.45) is 0.992. The summed E-state index contributed by atoms with van der Waals surface area (Å²) in [6.45, 7) is 1.63. The largest absolute Gasteiger partial charge is 0.493 e. The maximum absolute atomic E-state index is 12.6. The highest BCUT2D eigenvalue weighted by molar-refractivity contribution is 5.94. The number of benzene rings is 2. The molecule has 176 valence electrons. The van der Waals surface area contributed by atoms with Gasteiger partial charge in [0.15, 0.2) is 11.5 Å². The molecule has 9 heteroatoms. The first kappa shape index (κ1) is 22.9. The Morgan fingerprint density at radius 1 is 1.12 bits per heavy atom. The average Bonchev–Trinajstić information content (AvgIpc) is 3.48. The van der Waals surface area contributed by atoms with Crippen LogP contribution < -0.4 is 14.2 Å². The zero-order valence-electron chi connectivity index (χ0n) is 18.6. The predicted octanol–water partition coefficient (Wildman–Crippen LogP) is 2.79. The summed E-state index contributed by atoms with van der Waals surface area (Å²) >= 11 is 0. The molecule has 1 saturated carbocycles. The van der Waals surface area contributed by atoms with E-state index in [0.717, 1.165) is 5.56 Å². The zero-order chi connectivity index (χ0) is 23.8. The van der Waals surface area contributed by atoms with Crippen molar-refractivity contribution in [2.75, 3.05) is 13.7 Å². The molecule has 33 heavy (non-hydrogen) atoms. The molecule has 1 aliphatic carbocycles. The summed E-state index contributed by atoms with van der Waals surface area (Å²) in [7, 11) is 1.41. The number of rotatable bonds is 9. The molecule has 0 saturated heterocycles. The fourth-order valence-electron chi connectivity index (χ4n) is 3.70. The Labute approximate surface area is 190 Å². The van der Waals surface area contributed by atoms with Crippen LogP contribution in [0.3, 0.4) is 0 Å². The lowest BCUT2D eigenvalue weighted by Crippen LogP contribution is -2.28. The summed E-state index contributed by atoms with van der Waals surface area (Å²) < 4.78 is 27.1. The number of cyclic esters (lactones) is 1. The van der Waals surface area contributed by atoms with Crippen molar-refractivity contribution in [2.24, 2.45) is 5.41 Å². The van der Waals surface area contributed by atoms with Gasteiger partial charge in [-0.3, -0.25) is 4.79 Å². The molecule has 0 amide bonds. The molecule has 4 rings (SSSR count). The fourth-order valence-corrected chi connectivity index (χ4v) is 3.70. The fraction of sp³-hybridized carbons (Fsp3) is 0.417. The Kier molecular flexibility index (Phi) is 6.18. The molecular formula is C24H26O9. The summed E-state index contributed by atoms with van der Waals surface area (Å²) in [5.41, 5.74) is 1.70. The highest BCUT2D eigenvalue weighted by atomic mass is 16.7. The molecule has 1 heterocycles. The van der Waals surface area contributed by atoms with Crippen molar-refractivity contribution in [1.82, 2.24) is 0 Å². The van der Waals surface area contributed by atoms with Gasteiger partial charge in [0.05, 0.1) is 18.8 Å². The van der Waals surface area contributed by atoms with Crippen molar-refractivity contribution >= 4 is 11.9 Å². The Balaban J connectivity index is 1.73. The van der Waals surface area contributed by atoms with Crippen LogP contribution in [0, 0.1) is 5.41 Å². The predicted molar refractivity (Wildman–Crippen MR) is 115 cm³/mol. The Morgan fingerprint density at radius 3 is 2.48 bits per heavy atom. The monoisotopic (exact) mass is 458 g/mol. The van der Waals surface area contributed by atoms with Gasteiger partial charge in [0.2, 0.25) is 5.75 Å². The summed E-state index contributed by atoms with van der Waals surface area (Å²) in [4.78, 5) is 24.4. The van der Waals surface area contributed by atoms with Crippen LogP contribution >= 0.6 is 0 Å². The second kappa shape index (κ2) is 8.92. The van der Waals surface area contributed by atoms with Gasteiger partial charge in [0, 0.05) is 11.1 Å². The van der Waals surface area contributed by atoms with E-state index in [9.17, 15) is 19.8 Å². The first-order valence-corrected chi connectivity index (χ1v) is 10.6. The molecule has 0 bridgehead atoms. The number of carbonyl (C=O) groups is 2. The van der Waals surface area contributed by atoms with Gasteiger partial charge in [-0.05, 0) is 56.5 Å². The molecule has 0 radical (unpaired) electrons. The normalized spacial score (nSPS) is 15.8. The van der Waals surface area contributed by atoms with Crippen molar-refractivity contribution in [3.63, 3.8) is 0 Å². The molecule has 9 nitrogen and oxygen atoms in total. The molecule has 1 fully saturated rings. The third kappa shape index (κ3) is 4.60. The van der Waals surface area contributed by atoms with E-state index in [0.29, 0.717) is 29.5 Å². The van der Waals surface area contributed by atoms with Gasteiger partial charge < -0.3 is 33.9 Å². The SMILES string of the molecule is COc1ccc(-c2ccc3c(c2)COC3=O)c(OCC2(C(=O)OC(C)C)CC2)c1OC(O)O. The topological polar surface area (TPSA) is 121 Å². The van der Waals surface area contributed by atoms with Gasteiger partial charge in [-0.1, -0.05) is 6.07 Å². The third-order valence-corrected chi connectivity index (χ3v) is 5.64. The molecule has 0 unspecified atom stereocenters. The van der Waals surface area contributed by atoms with E-state index in [-0.39, 0.29) is 48.5 Å². The smallest absolute Gasteiger partial charge is 0.338 e. The van der Waals surface area contributed by atoms with Crippen LogP contribution in [0.15, 0.2) is 30.3 Å². The van der Waals surface area contributed by atoms with Crippen LogP contribution in [0.5, 0.6) is 17.2 Å². The molecular weight excluding hydrogens is 432 g/mol. The van der Waals surface area contributed by atoms with Gasteiger partial charge in [-0.25, -0.2) is 4.79 Å². The number of fused-ring (bicyclic) bond motifs is 1. The van der Waals surface area contributed by atoms with Gasteiger partial charge in [-0.2, -0.15) is 0 Å². The van der Waals surface area contributed by atoms with Gasteiger partial charge in [0.25, 0.3) is 0 Å². The van der Waals surface area contributed by atoms with Crippen LogP contribution in [0.2, 0.25) is 0 Å². The van der Waals surface area contributed by atoms with Crippen LogP contribution in [0.4, 0.5) is 0 Å². The summed E-state index contributed by atoms with van der Waals surface area (Å²) in [6, 6.07) is 8.54. The Bertz CT molecular complexity index is 1070. The standard InChI is InChI=1S/C24H26O9/c1-13(2)32-22(26)24(8-9-24)12-31-19-16(6-7-18(29-3)20(19)33-23(27)28)14-4-5-17-15(10-14)11-30-21(17)25/h4-7,10,13,23,27-28H,8-9,11-12H2,1-3H3. The minimum absolute atomic E-state index is 0.0170. The second-order valence-electron chi connectivity index (χ2n) is 8.39. The Hall–Kier alpha value is -3.30. The van der Waals surface area contributed by atoms with E-state index in [1.54, 1.807) is 44.2 Å². The van der Waals surface area contributed by atoms with Crippen molar-refractivity contribution in [3.8, 4) is 28.4 Å². The minimum atomic E-state index is -2.12. The highest BCUT2D eigenvalue weighted by Gasteiger charge is 2.53. The number of aliphatic hydroxyl groups is 2. The lowest BCUT2D eigenvalue weighted by Gasteiger charge is -2.22. The molecule has 0 atom stereocenters. The molecule has 0 spiro atoms. The molecule has 2 aromatic rings. The van der Waals surface area contributed by atoms with Crippen LogP contribution in [-0.2, 0) is 20.9 Å². The maximum atomic E-state index is 12.6. The van der Waals surface area contributed by atoms with E-state index in [4.69, 9.17) is 23.7 Å². The molecule has 2 aromatic carbocycles. The Morgan fingerprint density at radius 2 is 1.85 bits per heavy atom. The van der Waals surface area contributed by atoms with Gasteiger partial charge in [-0.15, -0.1) is 0 Å². The van der Waals surface area contributed by atoms with E-state index in [1.807, 2.05) is 0 Å². The van der Waals surface area contributed by atoms with E-state index >= 15 is 0 Å². The van der Waals surface area contributed by atoms with Crippen LogP contribution in [-0.4, -0.2) is 48.4 Å². The molecule has 2 N–H and O–H groups in total. The molecule has 2 aliphatic rings. The van der Waals surface area contributed by atoms with E-state index < -0.39 is 11.9 Å². The molecule has 0 aromatic heterocycles. The number of aliphatic hydroxyl groups excluding tert-OH is 1. The minimum Gasteiger partial charge on any atom is -0.493 e. The third-order valence-electron chi connectivity index (χ3n) is 5.64. The average molecular weight is 458 g/mol. The number of carbonyl (C=O) groups excluding carboxylic acids is 2. The second-order valence-corrected chi connectivity index (χ2v) is 8.39. The first-order chi connectivity index (χ1) is 15.7. The number of hydrogen-bond acceptors (Lipinski definition) is 9. The zero-order valence-corrected chi connectivity index (χ0v) is 18.6. The quantitative estimate of drug-likeness (QED) is 0.432. The number of esters is 2. The van der Waals surface area contributed by atoms with Gasteiger partial charge >= 0.3 is 18.4 Å². The van der Waals surface area contributed by atoms with Crippen molar-refractivity contribution in [3.05, 3.63) is 41.5 Å². The van der Waals surface area contributed by atoms with Crippen LogP contribution in [0.1, 0.15) is 42.6 Å². The maximum Gasteiger partial charge on any atom is 0.338 e. The number of methoxy groups -OCH3 is 1. The highest BCUT2D eigenvalue weighted by Crippen LogP contribution is 2.50. The lowest BCUT2D eigenvalue weighted by atomic mass is 9.99.